The van der Waals surface area contributed by atoms with Crippen LogP contribution < -0.4 is 9.47 Å². The van der Waals surface area contributed by atoms with Gasteiger partial charge in [-0.05, 0) is 55.9 Å². The summed E-state index contributed by atoms with van der Waals surface area (Å²) in [7, 11) is 1.35. The van der Waals surface area contributed by atoms with Gasteiger partial charge in [-0.3, -0.25) is 9.59 Å². The molecule has 1 aromatic carbocycles. The van der Waals surface area contributed by atoms with Crippen LogP contribution in [0.2, 0.25) is 0 Å². The maximum absolute atomic E-state index is 13.2. The lowest BCUT2D eigenvalue weighted by Gasteiger charge is -2.32. The van der Waals surface area contributed by atoms with E-state index >= 15 is 0 Å². The minimum Gasteiger partial charge on any atom is -0.503 e. The van der Waals surface area contributed by atoms with Crippen molar-refractivity contribution in [2.45, 2.75) is 72.3 Å². The van der Waals surface area contributed by atoms with Crippen molar-refractivity contribution >= 4 is 11.8 Å². The number of rotatable bonds is 13. The minimum absolute atomic E-state index is 0.0443. The molecule has 0 fully saturated rings. The van der Waals surface area contributed by atoms with Crippen LogP contribution in [-0.4, -0.2) is 41.2 Å². The molecule has 7 nitrogen and oxygen atoms in total. The zero-order valence-electron chi connectivity index (χ0n) is 22.5. The number of pyridine rings is 1. The van der Waals surface area contributed by atoms with Gasteiger partial charge in [0.25, 0.3) is 0 Å². The van der Waals surface area contributed by atoms with E-state index in [-0.39, 0.29) is 35.4 Å². The van der Waals surface area contributed by atoms with Crippen LogP contribution >= 0.6 is 0 Å². The summed E-state index contributed by atoms with van der Waals surface area (Å²) in [5, 5.41) is 10.3. The largest absolute Gasteiger partial charge is 0.503 e. The molecule has 210 valence electrons. The van der Waals surface area contributed by atoms with Crippen molar-refractivity contribution < 1.29 is 42.1 Å². The summed E-state index contributed by atoms with van der Waals surface area (Å²) < 4.78 is 55.7. The second-order valence-corrected chi connectivity index (χ2v) is 9.51. The SMILES string of the molecule is CCC(CC)[C@@H](Oc1ccc(C(F)(F)F)cc1)[C@H](C)OC(=O)[C@@H](CC(=O)c1nccc(OC)c1O)C(C)C. The van der Waals surface area contributed by atoms with Gasteiger partial charge >= 0.3 is 12.1 Å². The molecule has 1 N–H and O–H groups in total. The lowest BCUT2D eigenvalue weighted by Crippen LogP contribution is -2.41. The van der Waals surface area contributed by atoms with Crippen LogP contribution in [0, 0.1) is 17.8 Å². The molecule has 2 aromatic rings. The van der Waals surface area contributed by atoms with Crippen molar-refractivity contribution in [1.82, 2.24) is 4.98 Å². The number of alkyl halides is 3. The average molecular weight is 540 g/mol. The number of carbonyl (C=O) groups excluding carboxylic acids is 2. The zero-order valence-corrected chi connectivity index (χ0v) is 22.5. The number of Topliss-reactive ketones (excluding diaryl/α,β-unsaturated/α-hetero) is 1. The Kier molecular flexibility index (Phi) is 11.0. The summed E-state index contributed by atoms with van der Waals surface area (Å²) in [6.07, 6.45) is -3.38. The fraction of sp³-hybridized carbons (Fsp3) is 0.536. The van der Waals surface area contributed by atoms with Crippen molar-refractivity contribution in [3.63, 3.8) is 0 Å². The Balaban J connectivity index is 2.21. The Morgan fingerprint density at radius 2 is 1.63 bits per heavy atom. The molecule has 10 heteroatoms. The number of aromatic hydroxyl groups is 1. The number of benzene rings is 1. The van der Waals surface area contributed by atoms with Crippen LogP contribution in [0.5, 0.6) is 17.2 Å². The maximum Gasteiger partial charge on any atom is 0.416 e. The van der Waals surface area contributed by atoms with E-state index in [0.29, 0.717) is 12.8 Å². The van der Waals surface area contributed by atoms with Gasteiger partial charge in [0.2, 0.25) is 0 Å². The van der Waals surface area contributed by atoms with E-state index in [1.165, 1.54) is 31.5 Å². The summed E-state index contributed by atoms with van der Waals surface area (Å²) in [6.45, 7) is 9.13. The number of hydrogen-bond acceptors (Lipinski definition) is 7. The topological polar surface area (TPSA) is 95.0 Å². The highest BCUT2D eigenvalue weighted by molar-refractivity contribution is 5.99. The lowest BCUT2D eigenvalue weighted by atomic mass is 9.89. The number of carbonyl (C=O) groups is 2. The minimum atomic E-state index is -4.46. The molecule has 2 rings (SSSR count). The summed E-state index contributed by atoms with van der Waals surface area (Å²) in [5.74, 6) is -2.38. The average Bonchev–Trinajstić information content (AvgIpc) is 2.86. The van der Waals surface area contributed by atoms with Gasteiger partial charge in [-0.1, -0.05) is 27.7 Å². The molecule has 1 aromatic heterocycles. The van der Waals surface area contributed by atoms with E-state index in [2.05, 4.69) is 4.98 Å². The van der Waals surface area contributed by atoms with E-state index in [0.717, 1.165) is 12.1 Å². The number of halogens is 3. The van der Waals surface area contributed by atoms with E-state index in [9.17, 15) is 27.9 Å². The predicted octanol–water partition coefficient (Wildman–Crippen LogP) is 6.48. The molecule has 1 heterocycles. The number of aromatic nitrogens is 1. The van der Waals surface area contributed by atoms with E-state index < -0.39 is 47.4 Å². The van der Waals surface area contributed by atoms with E-state index in [1.807, 2.05) is 13.8 Å². The highest BCUT2D eigenvalue weighted by Crippen LogP contribution is 2.33. The normalized spacial score (nSPS) is 14.2. The molecule has 0 aliphatic heterocycles. The molecule has 0 spiro atoms. The standard InChI is InChI=1S/C28H36F3NO6/c1-7-18(8-2)26(38-20-11-9-19(10-12-20)28(29,30)31)17(5)37-27(35)21(16(3)4)15-22(33)24-25(34)23(36-6)13-14-32-24/h9-14,16-18,21,26,34H,7-8,15H2,1-6H3/t17-,21-,26-/m0/s1. The first-order chi connectivity index (χ1) is 17.8. The molecular weight excluding hydrogens is 503 g/mol. The third-order valence-corrected chi connectivity index (χ3v) is 6.62. The Bertz CT molecular complexity index is 1070. The number of ether oxygens (including phenoxy) is 3. The molecular formula is C28H36F3NO6. The van der Waals surface area contributed by atoms with Gasteiger partial charge in [0.05, 0.1) is 18.6 Å². The van der Waals surface area contributed by atoms with Crippen molar-refractivity contribution in [3.8, 4) is 17.2 Å². The van der Waals surface area contributed by atoms with Crippen molar-refractivity contribution in [3.05, 3.63) is 47.8 Å². The van der Waals surface area contributed by atoms with Gasteiger partial charge in [0, 0.05) is 18.7 Å². The first-order valence-corrected chi connectivity index (χ1v) is 12.6. The van der Waals surface area contributed by atoms with Crippen molar-refractivity contribution in [1.29, 1.82) is 0 Å². The molecule has 3 atom stereocenters. The van der Waals surface area contributed by atoms with Crippen LogP contribution in [0.25, 0.3) is 0 Å². The Labute approximate surface area is 221 Å². The number of nitrogens with zero attached hydrogens (tertiary/aromatic N) is 1. The van der Waals surface area contributed by atoms with Gasteiger partial charge < -0.3 is 19.3 Å². The quantitative estimate of drug-likeness (QED) is 0.230. The lowest BCUT2D eigenvalue weighted by molar-refractivity contribution is -0.161. The van der Waals surface area contributed by atoms with Crippen LogP contribution in [0.15, 0.2) is 36.5 Å². The summed E-state index contributed by atoms with van der Waals surface area (Å²) >= 11 is 0. The van der Waals surface area contributed by atoms with Crippen molar-refractivity contribution in [2.75, 3.05) is 7.11 Å². The van der Waals surface area contributed by atoms with Crippen LogP contribution in [0.4, 0.5) is 13.2 Å². The second kappa shape index (κ2) is 13.5. The Morgan fingerprint density at radius 1 is 1.03 bits per heavy atom. The third kappa shape index (κ3) is 7.85. The molecule has 0 amide bonds. The molecule has 0 bridgehead atoms. The van der Waals surface area contributed by atoms with Gasteiger partial charge in [0.1, 0.15) is 18.0 Å². The maximum atomic E-state index is 13.2. The van der Waals surface area contributed by atoms with E-state index in [4.69, 9.17) is 14.2 Å². The summed E-state index contributed by atoms with van der Waals surface area (Å²) in [5.41, 5.74) is -0.985. The molecule has 38 heavy (non-hydrogen) atoms. The fourth-order valence-corrected chi connectivity index (χ4v) is 4.24. The van der Waals surface area contributed by atoms with Crippen LogP contribution in [-0.2, 0) is 15.7 Å². The Morgan fingerprint density at radius 3 is 2.13 bits per heavy atom. The highest BCUT2D eigenvalue weighted by Gasteiger charge is 2.35. The smallest absolute Gasteiger partial charge is 0.416 e. The summed E-state index contributed by atoms with van der Waals surface area (Å²) in [6, 6.07) is 5.79. The second-order valence-electron chi connectivity index (χ2n) is 9.51. The van der Waals surface area contributed by atoms with Gasteiger partial charge in [-0.25, -0.2) is 4.98 Å². The molecule has 0 radical (unpaired) electrons. The monoisotopic (exact) mass is 539 g/mol. The molecule has 0 saturated heterocycles. The first-order valence-electron chi connectivity index (χ1n) is 12.6. The third-order valence-electron chi connectivity index (χ3n) is 6.62. The molecule has 0 unspecified atom stereocenters. The van der Waals surface area contributed by atoms with Gasteiger partial charge in [-0.15, -0.1) is 0 Å². The van der Waals surface area contributed by atoms with Crippen LogP contribution in [0.1, 0.15) is 69.9 Å². The van der Waals surface area contributed by atoms with E-state index in [1.54, 1.807) is 20.8 Å². The van der Waals surface area contributed by atoms with Crippen LogP contribution in [0.3, 0.4) is 0 Å². The van der Waals surface area contributed by atoms with Gasteiger partial charge in [-0.2, -0.15) is 13.2 Å². The number of hydrogen-bond donors (Lipinski definition) is 1. The number of esters is 1. The highest BCUT2D eigenvalue weighted by atomic mass is 19.4. The number of methoxy groups -OCH3 is 1. The zero-order chi connectivity index (χ0) is 28.6. The van der Waals surface area contributed by atoms with Gasteiger partial charge in [0.15, 0.2) is 23.0 Å². The number of ketones is 1. The Hall–Kier alpha value is -3.30. The molecule has 0 aliphatic carbocycles. The van der Waals surface area contributed by atoms with Crippen molar-refractivity contribution in [2.24, 2.45) is 17.8 Å². The first kappa shape index (κ1) is 30.9. The fourth-order valence-electron chi connectivity index (χ4n) is 4.24. The molecule has 0 saturated carbocycles. The summed E-state index contributed by atoms with van der Waals surface area (Å²) in [4.78, 5) is 30.1. The predicted molar refractivity (Wildman–Crippen MR) is 135 cm³/mol. The molecule has 0 aliphatic rings.